The van der Waals surface area contributed by atoms with E-state index < -0.39 is 0 Å². The van der Waals surface area contributed by atoms with Crippen molar-refractivity contribution in [3.8, 4) is 39.1 Å². The van der Waals surface area contributed by atoms with Crippen molar-refractivity contribution in [2.45, 2.75) is 0 Å². The molecule has 0 saturated heterocycles. The summed E-state index contributed by atoms with van der Waals surface area (Å²) < 4.78 is 8.62. The normalized spacial score (nSPS) is 11.6. The Balaban J connectivity index is 0.967. The molecular weight excluding hydrogens is 741 g/mol. The number of rotatable bonds is 7. The molecule has 0 N–H and O–H groups in total. The Morgan fingerprint density at radius 1 is 0.344 bits per heavy atom. The van der Waals surface area contributed by atoms with Gasteiger partial charge in [0.2, 0.25) is 0 Å². The monoisotopic (exact) mass is 778 g/mol. The minimum Gasteiger partial charge on any atom is -0.456 e. The minimum atomic E-state index is 0.911. The first kappa shape index (κ1) is 34.9. The van der Waals surface area contributed by atoms with E-state index in [4.69, 9.17) is 4.42 Å². The molecule has 10 aromatic carbocycles. The van der Waals surface area contributed by atoms with Crippen LogP contribution in [0.2, 0.25) is 0 Å². The number of hydrogen-bond acceptors (Lipinski definition) is 2. The first-order valence-corrected chi connectivity index (χ1v) is 20.8. The molecule has 3 heteroatoms. The minimum absolute atomic E-state index is 0.911. The Labute approximate surface area is 353 Å². The average Bonchev–Trinajstić information content (AvgIpc) is 3.89. The Morgan fingerprint density at radius 2 is 0.918 bits per heavy atom. The second kappa shape index (κ2) is 14.3. The van der Waals surface area contributed by atoms with Crippen LogP contribution in [-0.2, 0) is 0 Å². The van der Waals surface area contributed by atoms with Gasteiger partial charge in [0.15, 0.2) is 0 Å². The summed E-state index contributed by atoms with van der Waals surface area (Å²) in [6, 6.07) is 83.0. The fourth-order valence-electron chi connectivity index (χ4n) is 9.32. The molecule has 0 amide bonds. The van der Waals surface area contributed by atoms with Crippen molar-refractivity contribution in [1.82, 2.24) is 4.57 Å². The fraction of sp³-hybridized carbons (Fsp3) is 0. The van der Waals surface area contributed by atoms with Crippen molar-refractivity contribution in [2.75, 3.05) is 4.90 Å². The second-order valence-corrected chi connectivity index (χ2v) is 15.7. The Bertz CT molecular complexity index is 3520. The lowest BCUT2D eigenvalue weighted by Crippen LogP contribution is -2.11. The maximum atomic E-state index is 6.24. The summed E-state index contributed by atoms with van der Waals surface area (Å²) in [6.07, 6.45) is 0. The largest absolute Gasteiger partial charge is 0.456 e. The van der Waals surface area contributed by atoms with Crippen LogP contribution >= 0.6 is 0 Å². The van der Waals surface area contributed by atoms with Gasteiger partial charge in [-0.05, 0) is 111 Å². The molecule has 61 heavy (non-hydrogen) atoms. The van der Waals surface area contributed by atoms with E-state index in [9.17, 15) is 0 Å². The van der Waals surface area contributed by atoms with Crippen LogP contribution in [-0.4, -0.2) is 4.57 Å². The summed E-state index contributed by atoms with van der Waals surface area (Å²) in [5.41, 5.74) is 15.7. The molecule has 0 aliphatic rings. The fourth-order valence-corrected chi connectivity index (χ4v) is 9.32. The SMILES string of the molecule is c1ccc(-c2ccc(N(c3ccc(-c4cccc(-n5c6ccccc6c6ccccc65)c4)cc3)c3ccccc3-c3ccc4c(ccc5oc6ccccc6c54)c3)cc2)cc1. The summed E-state index contributed by atoms with van der Waals surface area (Å²) in [6.45, 7) is 0. The maximum absolute atomic E-state index is 6.24. The van der Waals surface area contributed by atoms with Crippen LogP contribution in [0.5, 0.6) is 0 Å². The molecule has 286 valence electrons. The smallest absolute Gasteiger partial charge is 0.136 e. The van der Waals surface area contributed by atoms with Gasteiger partial charge in [-0.15, -0.1) is 0 Å². The van der Waals surface area contributed by atoms with Crippen molar-refractivity contribution >= 4 is 71.6 Å². The molecule has 0 bridgehead atoms. The molecule has 0 fully saturated rings. The van der Waals surface area contributed by atoms with Crippen LogP contribution in [0.4, 0.5) is 17.1 Å². The lowest BCUT2D eigenvalue weighted by molar-refractivity contribution is 0.669. The summed E-state index contributed by atoms with van der Waals surface area (Å²) in [7, 11) is 0. The molecular formula is C58H38N2O. The number of anilines is 3. The van der Waals surface area contributed by atoms with Gasteiger partial charge in [0, 0.05) is 44.2 Å². The number of aromatic nitrogens is 1. The van der Waals surface area contributed by atoms with E-state index in [-0.39, 0.29) is 0 Å². The van der Waals surface area contributed by atoms with Gasteiger partial charge < -0.3 is 13.9 Å². The van der Waals surface area contributed by atoms with Crippen molar-refractivity contribution in [1.29, 1.82) is 0 Å². The molecule has 0 saturated carbocycles. The number of nitrogens with zero attached hydrogens (tertiary/aromatic N) is 2. The van der Waals surface area contributed by atoms with Crippen molar-refractivity contribution in [3.05, 3.63) is 231 Å². The molecule has 12 rings (SSSR count). The average molecular weight is 779 g/mol. The second-order valence-electron chi connectivity index (χ2n) is 15.7. The molecule has 0 spiro atoms. The quantitative estimate of drug-likeness (QED) is 0.161. The Morgan fingerprint density at radius 3 is 1.66 bits per heavy atom. The summed E-state index contributed by atoms with van der Waals surface area (Å²) >= 11 is 0. The van der Waals surface area contributed by atoms with Crippen LogP contribution in [0.15, 0.2) is 235 Å². The number of fused-ring (bicyclic) bond motifs is 8. The first-order valence-electron chi connectivity index (χ1n) is 20.8. The van der Waals surface area contributed by atoms with Gasteiger partial charge in [-0.3, -0.25) is 0 Å². The van der Waals surface area contributed by atoms with E-state index in [1.807, 2.05) is 12.1 Å². The Hall–Kier alpha value is -8.14. The summed E-state index contributed by atoms with van der Waals surface area (Å²) in [5.74, 6) is 0. The third kappa shape index (κ3) is 5.90. The van der Waals surface area contributed by atoms with Gasteiger partial charge >= 0.3 is 0 Å². The zero-order valence-corrected chi connectivity index (χ0v) is 33.2. The molecule has 3 nitrogen and oxygen atoms in total. The van der Waals surface area contributed by atoms with E-state index >= 15 is 0 Å². The van der Waals surface area contributed by atoms with Crippen molar-refractivity contribution < 1.29 is 4.42 Å². The lowest BCUT2D eigenvalue weighted by Gasteiger charge is -2.28. The standard InChI is InChI=1S/C58H38N2O/c1-2-13-39(14-3-1)40-25-31-45(32-26-40)59(53-21-8-4-17-48(53)43-29-35-49-44(37-43)30-36-57-58(49)52-20-7-11-24-56(52)61-57)46-33-27-41(28-34-46)42-15-12-16-47(38-42)60-54-22-9-5-18-50(54)51-19-6-10-23-55(51)60/h1-38H. The zero-order valence-electron chi connectivity index (χ0n) is 33.2. The first-order chi connectivity index (χ1) is 30.2. The summed E-state index contributed by atoms with van der Waals surface area (Å²) in [4.78, 5) is 2.39. The highest BCUT2D eigenvalue weighted by Crippen LogP contribution is 2.44. The number of benzene rings is 10. The third-order valence-corrected chi connectivity index (χ3v) is 12.2. The van der Waals surface area contributed by atoms with E-state index in [0.717, 1.165) is 61.4 Å². The van der Waals surface area contributed by atoms with E-state index in [2.05, 4.69) is 228 Å². The van der Waals surface area contributed by atoms with Crippen LogP contribution in [0.1, 0.15) is 0 Å². The van der Waals surface area contributed by atoms with Crippen LogP contribution in [0, 0.1) is 0 Å². The maximum Gasteiger partial charge on any atom is 0.136 e. The Kier molecular flexibility index (Phi) is 8.17. The molecule has 0 unspecified atom stereocenters. The van der Waals surface area contributed by atoms with Gasteiger partial charge in [-0.2, -0.15) is 0 Å². The van der Waals surface area contributed by atoms with E-state index in [0.29, 0.717) is 0 Å². The number of hydrogen-bond donors (Lipinski definition) is 0. The zero-order chi connectivity index (χ0) is 40.3. The van der Waals surface area contributed by atoms with Crippen LogP contribution < -0.4 is 4.90 Å². The molecule has 2 heterocycles. The van der Waals surface area contributed by atoms with Gasteiger partial charge in [0.05, 0.1) is 16.7 Å². The van der Waals surface area contributed by atoms with Crippen LogP contribution in [0.25, 0.3) is 93.6 Å². The number of furan rings is 1. The van der Waals surface area contributed by atoms with E-state index in [1.54, 1.807) is 0 Å². The molecule has 12 aromatic rings. The summed E-state index contributed by atoms with van der Waals surface area (Å²) in [5, 5.41) is 7.19. The molecule has 0 radical (unpaired) electrons. The predicted molar refractivity (Wildman–Crippen MR) is 257 cm³/mol. The highest BCUT2D eigenvalue weighted by Gasteiger charge is 2.19. The molecule has 2 aromatic heterocycles. The molecule has 0 aliphatic heterocycles. The van der Waals surface area contributed by atoms with Crippen molar-refractivity contribution in [3.63, 3.8) is 0 Å². The number of para-hydroxylation sites is 4. The molecule has 0 atom stereocenters. The third-order valence-electron chi connectivity index (χ3n) is 12.2. The van der Waals surface area contributed by atoms with Crippen LogP contribution in [0.3, 0.4) is 0 Å². The topological polar surface area (TPSA) is 21.3 Å². The molecule has 0 aliphatic carbocycles. The van der Waals surface area contributed by atoms with Gasteiger partial charge in [0.1, 0.15) is 11.2 Å². The highest BCUT2D eigenvalue weighted by molar-refractivity contribution is 6.19. The highest BCUT2D eigenvalue weighted by atomic mass is 16.3. The lowest BCUT2D eigenvalue weighted by atomic mass is 9.96. The van der Waals surface area contributed by atoms with Gasteiger partial charge in [0.25, 0.3) is 0 Å². The van der Waals surface area contributed by atoms with Gasteiger partial charge in [-0.1, -0.05) is 158 Å². The predicted octanol–water partition coefficient (Wildman–Crippen LogP) is 16.3. The van der Waals surface area contributed by atoms with Gasteiger partial charge in [-0.25, -0.2) is 0 Å². The van der Waals surface area contributed by atoms with E-state index in [1.165, 1.54) is 49.3 Å². The van der Waals surface area contributed by atoms with Crippen molar-refractivity contribution in [2.24, 2.45) is 0 Å².